The fourth-order valence-corrected chi connectivity index (χ4v) is 2.62. The predicted octanol–water partition coefficient (Wildman–Crippen LogP) is 3.44. The number of nitrogen functional groups attached to an aromatic ring is 1. The number of hydrogen-bond donors (Lipinski definition) is 2. The van der Waals surface area contributed by atoms with E-state index in [0.717, 1.165) is 18.5 Å². The first-order valence-electron chi connectivity index (χ1n) is 7.45. The summed E-state index contributed by atoms with van der Waals surface area (Å²) in [6, 6.07) is 6.15. The third-order valence-electron chi connectivity index (χ3n) is 4.55. The van der Waals surface area contributed by atoms with Crippen LogP contribution < -0.4 is 11.1 Å². The summed E-state index contributed by atoms with van der Waals surface area (Å²) in [5, 5.41) is 3.18. The number of rotatable bonds is 3. The van der Waals surface area contributed by atoms with Crippen molar-refractivity contribution in [2.45, 2.75) is 53.0 Å². The van der Waals surface area contributed by atoms with E-state index in [1.165, 1.54) is 11.1 Å². The Hall–Kier alpha value is -1.51. The van der Waals surface area contributed by atoms with Gasteiger partial charge >= 0.3 is 0 Å². The molecule has 20 heavy (non-hydrogen) atoms. The van der Waals surface area contributed by atoms with Gasteiger partial charge in [0, 0.05) is 12.1 Å². The third-order valence-corrected chi connectivity index (χ3v) is 4.55. The van der Waals surface area contributed by atoms with Gasteiger partial charge in [-0.25, -0.2) is 0 Å². The zero-order valence-corrected chi connectivity index (χ0v) is 13.0. The van der Waals surface area contributed by atoms with E-state index in [9.17, 15) is 4.79 Å². The maximum Gasteiger partial charge on any atom is 0.220 e. The first kappa shape index (κ1) is 14.9. The Morgan fingerprint density at radius 1 is 1.45 bits per heavy atom. The minimum atomic E-state index is 0.155. The molecule has 1 aromatic carbocycles. The molecule has 1 aliphatic rings. The highest BCUT2D eigenvalue weighted by Gasteiger charge is 2.27. The highest BCUT2D eigenvalue weighted by Crippen LogP contribution is 2.33. The van der Waals surface area contributed by atoms with Crippen LogP contribution in [-0.4, -0.2) is 5.91 Å². The highest BCUT2D eigenvalue weighted by atomic mass is 16.1. The van der Waals surface area contributed by atoms with Gasteiger partial charge in [-0.1, -0.05) is 33.8 Å². The van der Waals surface area contributed by atoms with Gasteiger partial charge < -0.3 is 11.1 Å². The summed E-state index contributed by atoms with van der Waals surface area (Å²) in [4.78, 5) is 12.2. The van der Waals surface area contributed by atoms with Crippen molar-refractivity contribution in [3.8, 4) is 0 Å². The molecule has 1 amide bonds. The number of carbonyl (C=O) groups excluding carboxylic acids is 1. The number of amides is 1. The molecular formula is C17H26N2O. The summed E-state index contributed by atoms with van der Waals surface area (Å²) < 4.78 is 0. The molecule has 0 heterocycles. The van der Waals surface area contributed by atoms with Crippen molar-refractivity contribution in [1.29, 1.82) is 0 Å². The van der Waals surface area contributed by atoms with Crippen LogP contribution in [-0.2, 0) is 11.2 Å². The van der Waals surface area contributed by atoms with Crippen LogP contribution in [0.4, 0.5) is 5.69 Å². The van der Waals surface area contributed by atoms with Crippen LogP contribution in [0.1, 0.15) is 57.7 Å². The SMILES string of the molecule is CC(CC(=O)NC1CCc2cc(N)ccc21)C(C)(C)C. The minimum absolute atomic E-state index is 0.155. The van der Waals surface area contributed by atoms with Crippen molar-refractivity contribution in [3.05, 3.63) is 29.3 Å². The lowest BCUT2D eigenvalue weighted by Gasteiger charge is -2.27. The van der Waals surface area contributed by atoms with E-state index >= 15 is 0 Å². The summed E-state index contributed by atoms with van der Waals surface area (Å²) in [5.41, 5.74) is 9.28. The maximum absolute atomic E-state index is 12.2. The molecule has 0 aliphatic heterocycles. The van der Waals surface area contributed by atoms with Gasteiger partial charge in [-0.15, -0.1) is 0 Å². The molecule has 1 aliphatic carbocycles. The molecule has 0 spiro atoms. The lowest BCUT2D eigenvalue weighted by molar-refractivity contribution is -0.123. The summed E-state index contributed by atoms with van der Waals surface area (Å²) in [5.74, 6) is 0.525. The molecule has 0 saturated heterocycles. The van der Waals surface area contributed by atoms with Crippen molar-refractivity contribution in [3.63, 3.8) is 0 Å². The molecule has 2 unspecified atom stereocenters. The molecule has 1 aromatic rings. The molecule has 0 saturated carbocycles. The fraction of sp³-hybridized carbons (Fsp3) is 0.588. The smallest absolute Gasteiger partial charge is 0.220 e. The van der Waals surface area contributed by atoms with Crippen molar-refractivity contribution in [2.75, 3.05) is 5.73 Å². The number of nitrogens with one attached hydrogen (secondary N) is 1. The Bertz CT molecular complexity index is 502. The number of benzene rings is 1. The summed E-state index contributed by atoms with van der Waals surface area (Å²) >= 11 is 0. The van der Waals surface area contributed by atoms with Crippen LogP contribution in [0, 0.1) is 11.3 Å². The van der Waals surface area contributed by atoms with E-state index in [4.69, 9.17) is 5.73 Å². The van der Waals surface area contributed by atoms with Crippen LogP contribution in [0.15, 0.2) is 18.2 Å². The lowest BCUT2D eigenvalue weighted by atomic mass is 9.80. The van der Waals surface area contributed by atoms with E-state index in [1.54, 1.807) is 0 Å². The van der Waals surface area contributed by atoms with E-state index in [1.807, 2.05) is 12.1 Å². The molecule has 3 N–H and O–H groups in total. The largest absolute Gasteiger partial charge is 0.399 e. The topological polar surface area (TPSA) is 55.1 Å². The molecule has 0 bridgehead atoms. The van der Waals surface area contributed by atoms with Gasteiger partial charge in [0.1, 0.15) is 0 Å². The Labute approximate surface area is 121 Å². The third kappa shape index (κ3) is 3.33. The number of anilines is 1. The fourth-order valence-electron chi connectivity index (χ4n) is 2.62. The molecule has 0 fully saturated rings. The second-order valence-electron chi connectivity index (χ2n) is 7.09. The average Bonchev–Trinajstić information content (AvgIpc) is 2.70. The first-order chi connectivity index (χ1) is 9.27. The number of fused-ring (bicyclic) bond motifs is 1. The number of hydrogen-bond acceptors (Lipinski definition) is 2. The molecule has 2 atom stereocenters. The monoisotopic (exact) mass is 274 g/mol. The van der Waals surface area contributed by atoms with Gasteiger partial charge in [-0.3, -0.25) is 4.79 Å². The number of carbonyl (C=O) groups is 1. The standard InChI is InChI=1S/C17H26N2O/c1-11(17(2,3)4)9-16(20)19-15-8-5-12-10-13(18)6-7-14(12)15/h6-7,10-11,15H,5,8-9,18H2,1-4H3,(H,19,20). The summed E-state index contributed by atoms with van der Waals surface area (Å²) in [6.07, 6.45) is 2.57. The first-order valence-corrected chi connectivity index (χ1v) is 7.45. The number of aryl methyl sites for hydroxylation is 1. The van der Waals surface area contributed by atoms with Crippen LogP contribution in [0.25, 0.3) is 0 Å². The van der Waals surface area contributed by atoms with E-state index in [2.05, 4.69) is 39.1 Å². The van der Waals surface area contributed by atoms with Gasteiger partial charge in [-0.2, -0.15) is 0 Å². The Balaban J connectivity index is 1.98. The quantitative estimate of drug-likeness (QED) is 0.829. The summed E-state index contributed by atoms with van der Waals surface area (Å²) in [7, 11) is 0. The van der Waals surface area contributed by atoms with Crippen molar-refractivity contribution in [2.24, 2.45) is 11.3 Å². The van der Waals surface area contributed by atoms with Gasteiger partial charge in [-0.05, 0) is 47.4 Å². The van der Waals surface area contributed by atoms with Gasteiger partial charge in [0.2, 0.25) is 5.91 Å². The zero-order valence-electron chi connectivity index (χ0n) is 13.0. The van der Waals surface area contributed by atoms with E-state index in [0.29, 0.717) is 12.3 Å². The Kier molecular flexibility index (Phi) is 4.07. The zero-order chi connectivity index (χ0) is 14.9. The van der Waals surface area contributed by atoms with Crippen LogP contribution in [0.5, 0.6) is 0 Å². The van der Waals surface area contributed by atoms with Crippen molar-refractivity contribution < 1.29 is 4.79 Å². The Morgan fingerprint density at radius 2 is 2.15 bits per heavy atom. The maximum atomic E-state index is 12.2. The number of nitrogens with two attached hydrogens (primary N) is 1. The van der Waals surface area contributed by atoms with Gasteiger partial charge in [0.15, 0.2) is 0 Å². The Morgan fingerprint density at radius 3 is 2.80 bits per heavy atom. The van der Waals surface area contributed by atoms with E-state index < -0.39 is 0 Å². The van der Waals surface area contributed by atoms with Crippen molar-refractivity contribution in [1.82, 2.24) is 5.32 Å². The van der Waals surface area contributed by atoms with Crippen molar-refractivity contribution >= 4 is 11.6 Å². The second kappa shape index (κ2) is 5.47. The lowest BCUT2D eigenvalue weighted by Crippen LogP contribution is -2.31. The molecule has 110 valence electrons. The molecule has 3 heteroatoms. The van der Waals surface area contributed by atoms with Gasteiger partial charge in [0.05, 0.1) is 6.04 Å². The van der Waals surface area contributed by atoms with Crippen LogP contribution in [0.3, 0.4) is 0 Å². The van der Waals surface area contributed by atoms with Crippen LogP contribution in [0.2, 0.25) is 0 Å². The normalized spacial score (nSPS) is 19.5. The molecule has 2 rings (SSSR count). The molecule has 3 nitrogen and oxygen atoms in total. The van der Waals surface area contributed by atoms with Gasteiger partial charge in [0.25, 0.3) is 0 Å². The molecule has 0 radical (unpaired) electrons. The average molecular weight is 274 g/mol. The van der Waals surface area contributed by atoms with E-state index in [-0.39, 0.29) is 17.4 Å². The predicted molar refractivity (Wildman–Crippen MR) is 83.3 cm³/mol. The van der Waals surface area contributed by atoms with Crippen LogP contribution >= 0.6 is 0 Å². The highest BCUT2D eigenvalue weighted by molar-refractivity contribution is 5.77. The minimum Gasteiger partial charge on any atom is -0.399 e. The molecule has 0 aromatic heterocycles. The molecular weight excluding hydrogens is 248 g/mol. The second-order valence-corrected chi connectivity index (χ2v) is 7.09. The summed E-state index contributed by atoms with van der Waals surface area (Å²) in [6.45, 7) is 8.68.